The topological polar surface area (TPSA) is 70.8 Å². The average Bonchev–Trinajstić information content (AvgIpc) is 2.99. The van der Waals surface area contributed by atoms with E-state index >= 15 is 0 Å². The highest BCUT2D eigenvalue weighted by atomic mass is 16.5. The van der Waals surface area contributed by atoms with Crippen LogP contribution >= 0.6 is 0 Å². The van der Waals surface area contributed by atoms with Gasteiger partial charge < -0.3 is 19.6 Å². The Labute approximate surface area is 148 Å². The third kappa shape index (κ3) is 4.21. The number of β-amino-alcohol motifs (C(OH)–C–C–N with tert-alkyl or cyclic N) is 1. The highest BCUT2D eigenvalue weighted by Gasteiger charge is 2.21. The van der Waals surface area contributed by atoms with E-state index in [9.17, 15) is 5.11 Å². The van der Waals surface area contributed by atoms with E-state index < -0.39 is 0 Å². The molecule has 0 unspecified atom stereocenters. The highest BCUT2D eigenvalue weighted by molar-refractivity contribution is 5.45. The maximum Gasteiger partial charge on any atom is 0.181 e. The summed E-state index contributed by atoms with van der Waals surface area (Å²) in [6.07, 6.45) is 2.09. The number of aliphatic hydroxyl groups is 1. The lowest BCUT2D eigenvalue weighted by atomic mass is 9.94. The lowest BCUT2D eigenvalue weighted by molar-refractivity contribution is 0.106. The van der Waals surface area contributed by atoms with E-state index in [0.29, 0.717) is 19.7 Å². The molecule has 1 aromatic heterocycles. The second-order valence-corrected chi connectivity index (χ2v) is 6.67. The minimum atomic E-state index is -0.333. The first-order valence-electron chi connectivity index (χ1n) is 8.76. The molecule has 1 aliphatic heterocycles. The molecule has 0 aliphatic carbocycles. The summed E-state index contributed by atoms with van der Waals surface area (Å²) in [5.41, 5.74) is 4.76. The number of hydrogen-bond donors (Lipinski definition) is 2. The molecule has 6 heteroatoms. The van der Waals surface area contributed by atoms with Crippen molar-refractivity contribution < 1.29 is 14.3 Å². The van der Waals surface area contributed by atoms with E-state index in [1.807, 2.05) is 20.0 Å². The minimum Gasteiger partial charge on any atom is -0.485 e. The molecule has 0 fully saturated rings. The van der Waals surface area contributed by atoms with Crippen molar-refractivity contribution in [3.63, 3.8) is 0 Å². The number of aryl methyl sites for hydroxylation is 1. The summed E-state index contributed by atoms with van der Waals surface area (Å²) in [4.78, 5) is 6.40. The van der Waals surface area contributed by atoms with Crippen molar-refractivity contribution in [2.75, 3.05) is 26.7 Å². The number of nitrogens with one attached hydrogen (secondary N) is 1. The highest BCUT2D eigenvalue weighted by Crippen LogP contribution is 2.30. The van der Waals surface area contributed by atoms with Gasteiger partial charge in [-0.3, -0.25) is 4.90 Å². The zero-order chi connectivity index (χ0) is 17.8. The van der Waals surface area contributed by atoms with E-state index in [0.717, 1.165) is 36.7 Å². The second kappa shape index (κ2) is 7.99. The Hall–Kier alpha value is -1.89. The molecule has 1 atom stereocenters. The number of ether oxygens (including phenoxy) is 1. The summed E-state index contributed by atoms with van der Waals surface area (Å²) < 4.78 is 11.3. The molecule has 6 nitrogen and oxygen atoms in total. The smallest absolute Gasteiger partial charge is 0.181 e. The van der Waals surface area contributed by atoms with Gasteiger partial charge in [-0.15, -0.1) is 0 Å². The zero-order valence-electron chi connectivity index (χ0n) is 15.2. The summed E-state index contributed by atoms with van der Waals surface area (Å²) in [6, 6.07) is 4.18. The molecule has 2 N–H and O–H groups in total. The molecule has 3 rings (SSSR count). The summed E-state index contributed by atoms with van der Waals surface area (Å²) in [6.45, 7) is 7.58. The van der Waals surface area contributed by atoms with Gasteiger partial charge in [-0.25, -0.2) is 4.98 Å². The van der Waals surface area contributed by atoms with Crippen molar-refractivity contribution in [1.29, 1.82) is 0 Å². The summed E-state index contributed by atoms with van der Waals surface area (Å²) >= 11 is 0. The van der Waals surface area contributed by atoms with Gasteiger partial charge in [0.05, 0.1) is 11.8 Å². The first-order chi connectivity index (χ1) is 12.1. The number of aromatic nitrogens is 1. The Morgan fingerprint density at radius 1 is 1.40 bits per heavy atom. The summed E-state index contributed by atoms with van der Waals surface area (Å²) in [5.74, 6) is 1.67. The molecule has 136 valence electrons. The van der Waals surface area contributed by atoms with Crippen LogP contribution in [0.25, 0.3) is 0 Å². The number of nitrogens with zero attached hydrogens (tertiary/aromatic N) is 2. The predicted molar refractivity (Wildman–Crippen MR) is 95.7 cm³/mol. The number of rotatable bonds is 7. The Morgan fingerprint density at radius 3 is 2.96 bits per heavy atom. The quantitative estimate of drug-likeness (QED) is 0.797. The fourth-order valence-electron chi connectivity index (χ4n) is 3.40. The van der Waals surface area contributed by atoms with Crippen molar-refractivity contribution >= 4 is 0 Å². The number of aliphatic hydroxyl groups excluding tert-OH is 1. The standard InChI is InChI=1S/C19H27N3O3/c1-13-17-6-7-22(10-16(23)8-20-3)9-15(17)4-5-18(13)24-11-19-14(2)21-12-25-19/h4-5,12,16,20,23H,6-11H2,1-3H3/t16-/m0/s1. The van der Waals surface area contributed by atoms with Crippen LogP contribution in [0.1, 0.15) is 28.1 Å². The number of fused-ring (bicyclic) bond motifs is 1. The Balaban J connectivity index is 1.66. The van der Waals surface area contributed by atoms with Crippen LogP contribution in [0.3, 0.4) is 0 Å². The van der Waals surface area contributed by atoms with Crippen molar-refractivity contribution in [3.8, 4) is 5.75 Å². The second-order valence-electron chi connectivity index (χ2n) is 6.67. The molecule has 2 heterocycles. The van der Waals surface area contributed by atoms with Crippen molar-refractivity contribution in [2.45, 2.75) is 39.5 Å². The molecular weight excluding hydrogens is 318 g/mol. The summed E-state index contributed by atoms with van der Waals surface area (Å²) in [7, 11) is 1.86. The molecule has 1 aliphatic rings. The van der Waals surface area contributed by atoms with Crippen molar-refractivity contribution in [1.82, 2.24) is 15.2 Å². The number of oxazole rings is 1. The third-order valence-electron chi connectivity index (χ3n) is 4.83. The molecule has 2 aromatic rings. The molecule has 0 amide bonds. The molecule has 1 aromatic carbocycles. The van der Waals surface area contributed by atoms with Gasteiger partial charge in [0.15, 0.2) is 12.2 Å². The zero-order valence-corrected chi connectivity index (χ0v) is 15.2. The van der Waals surface area contributed by atoms with Crippen LogP contribution < -0.4 is 10.1 Å². The maximum absolute atomic E-state index is 9.99. The fraction of sp³-hybridized carbons (Fsp3) is 0.526. The minimum absolute atomic E-state index is 0.333. The van der Waals surface area contributed by atoms with Gasteiger partial charge in [-0.2, -0.15) is 0 Å². The molecule has 25 heavy (non-hydrogen) atoms. The van der Waals surface area contributed by atoms with Crippen molar-refractivity contribution in [3.05, 3.63) is 46.7 Å². The van der Waals surface area contributed by atoms with Gasteiger partial charge >= 0.3 is 0 Å². The van der Waals surface area contributed by atoms with Crippen LogP contribution in [0.2, 0.25) is 0 Å². The SMILES string of the molecule is CNC[C@H](O)CN1CCc2c(ccc(OCc3ocnc3C)c2C)C1. The lowest BCUT2D eigenvalue weighted by Gasteiger charge is -2.31. The van der Waals surface area contributed by atoms with Gasteiger partial charge in [0.1, 0.15) is 12.4 Å². The lowest BCUT2D eigenvalue weighted by Crippen LogP contribution is -2.40. The van der Waals surface area contributed by atoms with Crippen molar-refractivity contribution in [2.24, 2.45) is 0 Å². The molecule has 0 saturated carbocycles. The fourth-order valence-corrected chi connectivity index (χ4v) is 3.40. The molecule has 0 spiro atoms. The van der Waals surface area contributed by atoms with Crippen LogP contribution in [-0.4, -0.2) is 47.8 Å². The van der Waals surface area contributed by atoms with Gasteiger partial charge in [0.25, 0.3) is 0 Å². The van der Waals surface area contributed by atoms with Crippen LogP contribution in [0, 0.1) is 13.8 Å². The van der Waals surface area contributed by atoms with E-state index in [1.165, 1.54) is 23.1 Å². The van der Waals surface area contributed by atoms with Crippen LogP contribution in [0.15, 0.2) is 22.9 Å². The van der Waals surface area contributed by atoms with Gasteiger partial charge in [-0.05, 0) is 50.1 Å². The largest absolute Gasteiger partial charge is 0.485 e. The van der Waals surface area contributed by atoms with E-state index in [-0.39, 0.29) is 6.10 Å². The number of likely N-dealkylation sites (N-methyl/N-ethyl adjacent to an activating group) is 1. The first kappa shape index (κ1) is 17.9. The Bertz CT molecular complexity index is 714. The summed E-state index contributed by atoms with van der Waals surface area (Å²) in [5, 5.41) is 13.0. The molecule has 0 saturated heterocycles. The van der Waals surface area contributed by atoms with E-state index in [2.05, 4.69) is 28.2 Å². The Morgan fingerprint density at radius 2 is 2.24 bits per heavy atom. The molecular formula is C19H27N3O3. The van der Waals surface area contributed by atoms with E-state index in [1.54, 1.807) is 0 Å². The third-order valence-corrected chi connectivity index (χ3v) is 4.83. The van der Waals surface area contributed by atoms with Crippen LogP contribution in [0.5, 0.6) is 5.75 Å². The van der Waals surface area contributed by atoms with Crippen LogP contribution in [0.4, 0.5) is 0 Å². The van der Waals surface area contributed by atoms with Gasteiger partial charge in [0.2, 0.25) is 0 Å². The van der Waals surface area contributed by atoms with Gasteiger partial charge in [0, 0.05) is 26.2 Å². The number of hydrogen-bond acceptors (Lipinski definition) is 6. The van der Waals surface area contributed by atoms with Gasteiger partial charge in [-0.1, -0.05) is 6.07 Å². The predicted octanol–water partition coefficient (Wildman–Crippen LogP) is 1.81. The first-order valence-corrected chi connectivity index (χ1v) is 8.76. The van der Waals surface area contributed by atoms with Crippen LogP contribution in [-0.2, 0) is 19.6 Å². The number of benzene rings is 1. The maximum atomic E-state index is 9.99. The normalized spacial score (nSPS) is 15.8. The molecule has 0 bridgehead atoms. The monoisotopic (exact) mass is 345 g/mol. The van der Waals surface area contributed by atoms with E-state index in [4.69, 9.17) is 9.15 Å². The Kier molecular flexibility index (Phi) is 5.73. The average molecular weight is 345 g/mol. The molecule has 0 radical (unpaired) electrons.